The molecule has 1 saturated carbocycles. The largest absolute Gasteiger partial charge is 0.341 e. The van der Waals surface area contributed by atoms with Gasteiger partial charge in [-0.15, -0.1) is 0 Å². The van der Waals surface area contributed by atoms with Gasteiger partial charge >= 0.3 is 0 Å². The minimum atomic E-state index is 0.363. The molecule has 1 aromatic rings. The van der Waals surface area contributed by atoms with Gasteiger partial charge in [0, 0.05) is 56.7 Å². The zero-order valence-electron chi connectivity index (χ0n) is 12.6. The molecule has 1 aromatic heterocycles. The number of hydrogen-bond donors (Lipinski definition) is 1. The van der Waals surface area contributed by atoms with E-state index in [1.165, 1.54) is 31.2 Å². The van der Waals surface area contributed by atoms with Crippen LogP contribution in [0.25, 0.3) is 0 Å². The summed E-state index contributed by atoms with van der Waals surface area (Å²) in [7, 11) is 0. The van der Waals surface area contributed by atoms with E-state index in [1.807, 2.05) is 12.4 Å². The molecule has 2 atom stereocenters. The quantitative estimate of drug-likeness (QED) is 0.903. The number of aromatic nitrogens is 2. The van der Waals surface area contributed by atoms with Gasteiger partial charge < -0.3 is 10.6 Å². The van der Waals surface area contributed by atoms with E-state index in [4.69, 9.17) is 5.73 Å². The van der Waals surface area contributed by atoms with Gasteiger partial charge in [-0.1, -0.05) is 0 Å². The van der Waals surface area contributed by atoms with Crippen molar-refractivity contribution >= 4 is 5.95 Å². The summed E-state index contributed by atoms with van der Waals surface area (Å²) in [5, 5.41) is 0. The second kappa shape index (κ2) is 5.54. The Morgan fingerprint density at radius 3 is 2.48 bits per heavy atom. The summed E-state index contributed by atoms with van der Waals surface area (Å²) in [5.41, 5.74) is 7.50. The lowest BCUT2D eigenvalue weighted by atomic mass is 9.99. The Hall–Kier alpha value is -1.20. The maximum atomic E-state index is 6.29. The maximum Gasteiger partial charge on any atom is 0.225 e. The molecule has 3 heterocycles. The standard InChI is InChI=1S/C16H25N5/c17-15-11-20(10-14(15)13-3-4-13)9-12-7-18-16(19-8-12)21-5-1-2-6-21/h7-8,13-15H,1-6,9-11,17H2/t14-,15+/m1/s1. The van der Waals surface area contributed by atoms with E-state index in [9.17, 15) is 0 Å². The normalized spacial score (nSPS) is 30.2. The highest BCUT2D eigenvalue weighted by Crippen LogP contribution is 2.41. The first kappa shape index (κ1) is 13.5. The molecule has 0 radical (unpaired) electrons. The lowest BCUT2D eigenvalue weighted by Gasteiger charge is -2.17. The second-order valence-electron chi connectivity index (χ2n) is 6.94. The van der Waals surface area contributed by atoms with Gasteiger partial charge in [0.1, 0.15) is 0 Å². The first-order chi connectivity index (χ1) is 10.3. The van der Waals surface area contributed by atoms with E-state index in [0.717, 1.165) is 50.5 Å². The van der Waals surface area contributed by atoms with Crippen molar-refractivity contribution in [2.45, 2.75) is 38.3 Å². The highest BCUT2D eigenvalue weighted by molar-refractivity contribution is 5.31. The van der Waals surface area contributed by atoms with Crippen LogP contribution < -0.4 is 10.6 Å². The Bertz CT molecular complexity index is 478. The number of anilines is 1. The van der Waals surface area contributed by atoms with Crippen LogP contribution in [0.1, 0.15) is 31.2 Å². The molecule has 4 rings (SSSR count). The molecule has 0 spiro atoms. The van der Waals surface area contributed by atoms with Crippen LogP contribution in [0.4, 0.5) is 5.95 Å². The molecule has 3 aliphatic rings. The predicted octanol–water partition coefficient (Wildman–Crippen LogP) is 1.25. The summed E-state index contributed by atoms with van der Waals surface area (Å²) in [6.07, 6.45) is 9.30. The molecule has 0 bridgehead atoms. The molecule has 0 unspecified atom stereocenters. The molecule has 1 aliphatic carbocycles. The lowest BCUT2D eigenvalue weighted by molar-refractivity contribution is 0.309. The number of rotatable bonds is 4. The minimum Gasteiger partial charge on any atom is -0.341 e. The Kier molecular flexibility index (Phi) is 3.55. The monoisotopic (exact) mass is 287 g/mol. The zero-order chi connectivity index (χ0) is 14.2. The van der Waals surface area contributed by atoms with Crippen LogP contribution in [-0.2, 0) is 6.54 Å². The Balaban J connectivity index is 1.36. The topological polar surface area (TPSA) is 58.3 Å². The van der Waals surface area contributed by atoms with Crippen molar-refractivity contribution in [1.29, 1.82) is 0 Å². The molecule has 2 aliphatic heterocycles. The van der Waals surface area contributed by atoms with Crippen LogP contribution in [0.3, 0.4) is 0 Å². The van der Waals surface area contributed by atoms with Gasteiger partial charge in [0.05, 0.1) is 0 Å². The van der Waals surface area contributed by atoms with Crippen molar-refractivity contribution in [2.24, 2.45) is 17.6 Å². The number of hydrogen-bond acceptors (Lipinski definition) is 5. The number of likely N-dealkylation sites (tertiary alicyclic amines) is 1. The molecular weight excluding hydrogens is 262 g/mol. The molecule has 5 nitrogen and oxygen atoms in total. The third-order valence-corrected chi connectivity index (χ3v) is 5.20. The Morgan fingerprint density at radius 1 is 1.10 bits per heavy atom. The second-order valence-corrected chi connectivity index (χ2v) is 6.94. The number of nitrogens with zero attached hydrogens (tertiary/aromatic N) is 4. The Morgan fingerprint density at radius 2 is 1.81 bits per heavy atom. The smallest absolute Gasteiger partial charge is 0.225 e. The number of nitrogens with two attached hydrogens (primary N) is 1. The summed E-state index contributed by atoms with van der Waals surface area (Å²) in [6, 6.07) is 0.363. The lowest BCUT2D eigenvalue weighted by Crippen LogP contribution is -2.30. The van der Waals surface area contributed by atoms with E-state index in [2.05, 4.69) is 19.8 Å². The van der Waals surface area contributed by atoms with Crippen LogP contribution >= 0.6 is 0 Å². The van der Waals surface area contributed by atoms with Crippen LogP contribution in [0, 0.1) is 11.8 Å². The summed E-state index contributed by atoms with van der Waals surface area (Å²) in [4.78, 5) is 13.8. The van der Waals surface area contributed by atoms with Crippen molar-refractivity contribution in [1.82, 2.24) is 14.9 Å². The van der Waals surface area contributed by atoms with Gasteiger partial charge in [-0.05, 0) is 37.5 Å². The van der Waals surface area contributed by atoms with Gasteiger partial charge in [-0.2, -0.15) is 0 Å². The molecule has 5 heteroatoms. The fraction of sp³-hybridized carbons (Fsp3) is 0.750. The highest BCUT2D eigenvalue weighted by atomic mass is 15.3. The summed E-state index contributed by atoms with van der Waals surface area (Å²) in [5.74, 6) is 2.51. The van der Waals surface area contributed by atoms with E-state index >= 15 is 0 Å². The van der Waals surface area contributed by atoms with Crippen LogP contribution in [-0.4, -0.2) is 47.1 Å². The van der Waals surface area contributed by atoms with Crippen LogP contribution in [0.2, 0.25) is 0 Å². The fourth-order valence-electron chi connectivity index (χ4n) is 3.86. The third-order valence-electron chi connectivity index (χ3n) is 5.20. The van der Waals surface area contributed by atoms with Crippen molar-refractivity contribution in [3.8, 4) is 0 Å². The van der Waals surface area contributed by atoms with Crippen LogP contribution in [0.15, 0.2) is 12.4 Å². The van der Waals surface area contributed by atoms with Crippen molar-refractivity contribution in [3.05, 3.63) is 18.0 Å². The molecule has 2 N–H and O–H groups in total. The maximum absolute atomic E-state index is 6.29. The van der Waals surface area contributed by atoms with Gasteiger partial charge in [0.2, 0.25) is 5.95 Å². The molecule has 0 aromatic carbocycles. The van der Waals surface area contributed by atoms with Crippen molar-refractivity contribution in [3.63, 3.8) is 0 Å². The van der Waals surface area contributed by atoms with E-state index in [1.54, 1.807) is 0 Å². The Labute approximate surface area is 126 Å². The van der Waals surface area contributed by atoms with Gasteiger partial charge in [-0.3, -0.25) is 4.90 Å². The SMILES string of the molecule is N[C@H]1CN(Cc2cnc(N3CCCC3)nc2)C[C@@H]1C1CC1. The van der Waals surface area contributed by atoms with E-state index in [0.29, 0.717) is 6.04 Å². The first-order valence-corrected chi connectivity index (χ1v) is 8.33. The molecular formula is C16H25N5. The molecule has 21 heavy (non-hydrogen) atoms. The third kappa shape index (κ3) is 2.90. The molecule has 2 saturated heterocycles. The first-order valence-electron chi connectivity index (χ1n) is 8.33. The van der Waals surface area contributed by atoms with E-state index < -0.39 is 0 Å². The van der Waals surface area contributed by atoms with Gasteiger partial charge in [-0.25, -0.2) is 9.97 Å². The van der Waals surface area contributed by atoms with Gasteiger partial charge in [0.15, 0.2) is 0 Å². The molecule has 3 fully saturated rings. The average Bonchev–Trinajstić information content (AvgIpc) is 3.05. The average molecular weight is 287 g/mol. The van der Waals surface area contributed by atoms with Crippen molar-refractivity contribution in [2.75, 3.05) is 31.1 Å². The summed E-state index contributed by atoms with van der Waals surface area (Å²) < 4.78 is 0. The van der Waals surface area contributed by atoms with E-state index in [-0.39, 0.29) is 0 Å². The minimum absolute atomic E-state index is 0.363. The van der Waals surface area contributed by atoms with Crippen molar-refractivity contribution < 1.29 is 0 Å². The van der Waals surface area contributed by atoms with Gasteiger partial charge in [0.25, 0.3) is 0 Å². The predicted molar refractivity (Wildman–Crippen MR) is 82.9 cm³/mol. The summed E-state index contributed by atoms with van der Waals surface area (Å²) >= 11 is 0. The highest BCUT2D eigenvalue weighted by Gasteiger charge is 2.40. The fourth-order valence-corrected chi connectivity index (χ4v) is 3.86. The molecule has 0 amide bonds. The van der Waals surface area contributed by atoms with Crippen LogP contribution in [0.5, 0.6) is 0 Å². The summed E-state index contributed by atoms with van der Waals surface area (Å²) in [6.45, 7) is 5.32. The zero-order valence-corrected chi connectivity index (χ0v) is 12.6. The molecule has 114 valence electrons.